The summed E-state index contributed by atoms with van der Waals surface area (Å²) in [4.78, 5) is 15.2. The van der Waals surface area contributed by atoms with Crippen molar-refractivity contribution in [1.82, 2.24) is 19.7 Å². The summed E-state index contributed by atoms with van der Waals surface area (Å²) >= 11 is 5.61. The lowest BCUT2D eigenvalue weighted by atomic mass is 10.2. The molecule has 1 N–H and O–H groups in total. The minimum atomic E-state index is -0.261. The van der Waals surface area contributed by atoms with E-state index in [0.29, 0.717) is 6.54 Å². The SMILES string of the molecule is O=c1c(Cl)nccn1CCc1cn[nH]c1. The van der Waals surface area contributed by atoms with E-state index in [4.69, 9.17) is 11.6 Å². The average molecular weight is 225 g/mol. The van der Waals surface area contributed by atoms with Crippen LogP contribution in [0.5, 0.6) is 0 Å². The summed E-state index contributed by atoms with van der Waals surface area (Å²) in [5.74, 6) is 0. The van der Waals surface area contributed by atoms with Gasteiger partial charge in [-0.3, -0.25) is 9.89 Å². The summed E-state index contributed by atoms with van der Waals surface area (Å²) < 4.78 is 1.53. The molecule has 0 saturated carbocycles. The van der Waals surface area contributed by atoms with Crippen LogP contribution in [0.2, 0.25) is 5.15 Å². The van der Waals surface area contributed by atoms with Crippen molar-refractivity contribution >= 4 is 11.6 Å². The molecule has 5 nitrogen and oxygen atoms in total. The minimum absolute atomic E-state index is 0.00435. The summed E-state index contributed by atoms with van der Waals surface area (Å²) in [6.07, 6.45) is 7.39. The molecule has 0 aliphatic rings. The van der Waals surface area contributed by atoms with Crippen LogP contribution < -0.4 is 5.56 Å². The zero-order valence-electron chi connectivity index (χ0n) is 7.85. The highest BCUT2D eigenvalue weighted by molar-refractivity contribution is 6.29. The second-order valence-electron chi connectivity index (χ2n) is 3.07. The second kappa shape index (κ2) is 4.27. The van der Waals surface area contributed by atoms with E-state index >= 15 is 0 Å². The van der Waals surface area contributed by atoms with Gasteiger partial charge in [0.25, 0.3) is 5.56 Å². The van der Waals surface area contributed by atoms with Crippen LogP contribution in [0.3, 0.4) is 0 Å². The molecule has 6 heteroatoms. The van der Waals surface area contributed by atoms with E-state index in [1.165, 1.54) is 10.8 Å². The molecule has 2 aromatic heterocycles. The number of aromatic amines is 1. The van der Waals surface area contributed by atoms with Gasteiger partial charge in [-0.25, -0.2) is 4.98 Å². The molecular formula is C9H9ClN4O. The Hall–Kier alpha value is -1.62. The monoisotopic (exact) mass is 224 g/mol. The van der Waals surface area contributed by atoms with Gasteiger partial charge >= 0.3 is 0 Å². The predicted molar refractivity (Wildman–Crippen MR) is 55.8 cm³/mol. The summed E-state index contributed by atoms with van der Waals surface area (Å²) in [7, 11) is 0. The molecule has 0 aliphatic carbocycles. The van der Waals surface area contributed by atoms with Gasteiger partial charge in [0.1, 0.15) is 0 Å². The highest BCUT2D eigenvalue weighted by Crippen LogP contribution is 1.98. The van der Waals surface area contributed by atoms with E-state index in [0.717, 1.165) is 12.0 Å². The van der Waals surface area contributed by atoms with Crippen molar-refractivity contribution in [2.45, 2.75) is 13.0 Å². The third-order valence-corrected chi connectivity index (χ3v) is 2.33. The van der Waals surface area contributed by atoms with Crippen molar-refractivity contribution in [1.29, 1.82) is 0 Å². The maximum Gasteiger partial charge on any atom is 0.288 e. The van der Waals surface area contributed by atoms with E-state index in [1.807, 2.05) is 0 Å². The molecule has 0 atom stereocenters. The number of nitrogens with one attached hydrogen (secondary N) is 1. The standard InChI is InChI=1S/C9H9ClN4O/c10-8-9(15)14(4-2-11-8)3-1-7-5-12-13-6-7/h2,4-6H,1,3H2,(H,12,13). The highest BCUT2D eigenvalue weighted by Gasteiger charge is 2.01. The molecule has 0 saturated heterocycles. The number of hydrogen-bond donors (Lipinski definition) is 1. The third kappa shape index (κ3) is 2.24. The van der Waals surface area contributed by atoms with Crippen molar-refractivity contribution in [3.05, 3.63) is 45.9 Å². The molecule has 2 rings (SSSR count). The fourth-order valence-electron chi connectivity index (χ4n) is 1.26. The lowest BCUT2D eigenvalue weighted by molar-refractivity contribution is 0.663. The van der Waals surface area contributed by atoms with Crippen molar-refractivity contribution in [2.24, 2.45) is 0 Å². The molecule has 0 aromatic carbocycles. The molecule has 15 heavy (non-hydrogen) atoms. The van der Waals surface area contributed by atoms with Gasteiger partial charge in [-0.15, -0.1) is 0 Å². The first-order chi connectivity index (χ1) is 7.27. The molecule has 0 unspecified atom stereocenters. The quantitative estimate of drug-likeness (QED) is 0.841. The number of H-pyrrole nitrogens is 1. The lowest BCUT2D eigenvalue weighted by Crippen LogP contribution is -2.21. The number of halogens is 1. The van der Waals surface area contributed by atoms with Crippen LogP contribution in [0.1, 0.15) is 5.56 Å². The van der Waals surface area contributed by atoms with Crippen molar-refractivity contribution in [2.75, 3.05) is 0 Å². The maximum absolute atomic E-state index is 11.5. The second-order valence-corrected chi connectivity index (χ2v) is 3.43. The zero-order chi connectivity index (χ0) is 10.7. The molecule has 2 aromatic rings. The van der Waals surface area contributed by atoms with Crippen LogP contribution in [0.4, 0.5) is 0 Å². The fraction of sp³-hybridized carbons (Fsp3) is 0.222. The van der Waals surface area contributed by atoms with Gasteiger partial charge in [-0.2, -0.15) is 5.10 Å². The molecule has 0 fully saturated rings. The maximum atomic E-state index is 11.5. The minimum Gasteiger partial charge on any atom is -0.311 e. The van der Waals surface area contributed by atoms with Crippen molar-refractivity contribution in [3.63, 3.8) is 0 Å². The number of aromatic nitrogens is 4. The van der Waals surface area contributed by atoms with Crippen molar-refractivity contribution in [3.8, 4) is 0 Å². The average Bonchev–Trinajstić information content (AvgIpc) is 2.73. The summed E-state index contributed by atoms with van der Waals surface area (Å²) in [6.45, 7) is 0.570. The zero-order valence-corrected chi connectivity index (χ0v) is 8.61. The number of aryl methyl sites for hydroxylation is 2. The fourth-order valence-corrected chi connectivity index (χ4v) is 1.43. The van der Waals surface area contributed by atoms with Gasteiger partial charge < -0.3 is 4.57 Å². The van der Waals surface area contributed by atoms with Gasteiger partial charge in [-0.05, 0) is 12.0 Å². The Labute approximate surface area is 90.7 Å². The third-order valence-electron chi connectivity index (χ3n) is 2.07. The van der Waals surface area contributed by atoms with Gasteiger partial charge in [0.2, 0.25) is 0 Å². The lowest BCUT2D eigenvalue weighted by Gasteiger charge is -2.03. The molecule has 0 amide bonds. The Morgan fingerprint density at radius 2 is 2.40 bits per heavy atom. The van der Waals surface area contributed by atoms with Crippen LogP contribution in [0.15, 0.2) is 29.6 Å². The van der Waals surface area contributed by atoms with Crippen molar-refractivity contribution < 1.29 is 0 Å². The first kappa shape index (κ1) is 9.92. The summed E-state index contributed by atoms with van der Waals surface area (Å²) in [6, 6.07) is 0. The molecular weight excluding hydrogens is 216 g/mol. The molecule has 0 spiro atoms. The number of hydrogen-bond acceptors (Lipinski definition) is 3. The van der Waals surface area contributed by atoms with Gasteiger partial charge in [0.05, 0.1) is 6.20 Å². The van der Waals surface area contributed by atoms with Crippen LogP contribution in [-0.2, 0) is 13.0 Å². The molecule has 0 aliphatic heterocycles. The Balaban J connectivity index is 2.12. The largest absolute Gasteiger partial charge is 0.311 e. The summed E-state index contributed by atoms with van der Waals surface area (Å²) in [5, 5.41) is 6.54. The molecule has 78 valence electrons. The molecule has 0 radical (unpaired) electrons. The van der Waals surface area contributed by atoms with Gasteiger partial charge in [-0.1, -0.05) is 11.6 Å². The van der Waals surface area contributed by atoms with Crippen LogP contribution in [-0.4, -0.2) is 19.7 Å². The number of nitrogens with zero attached hydrogens (tertiary/aromatic N) is 3. The number of rotatable bonds is 3. The highest BCUT2D eigenvalue weighted by atomic mass is 35.5. The molecule has 0 bridgehead atoms. The smallest absolute Gasteiger partial charge is 0.288 e. The van der Waals surface area contributed by atoms with E-state index in [2.05, 4.69) is 15.2 Å². The van der Waals surface area contributed by atoms with Crippen LogP contribution in [0, 0.1) is 0 Å². The van der Waals surface area contributed by atoms with E-state index in [1.54, 1.807) is 18.6 Å². The van der Waals surface area contributed by atoms with Gasteiger partial charge in [0.15, 0.2) is 5.15 Å². The molecule has 2 heterocycles. The Morgan fingerprint density at radius 1 is 1.53 bits per heavy atom. The van der Waals surface area contributed by atoms with Gasteiger partial charge in [0, 0.05) is 25.1 Å². The van der Waals surface area contributed by atoms with E-state index in [-0.39, 0.29) is 10.7 Å². The van der Waals surface area contributed by atoms with E-state index < -0.39 is 0 Å². The first-order valence-corrected chi connectivity index (χ1v) is 4.84. The normalized spacial score (nSPS) is 10.5. The van der Waals surface area contributed by atoms with E-state index in [9.17, 15) is 4.79 Å². The first-order valence-electron chi connectivity index (χ1n) is 4.46. The Kier molecular flexibility index (Phi) is 2.82. The van der Waals surface area contributed by atoms with Crippen LogP contribution in [0.25, 0.3) is 0 Å². The predicted octanol–water partition coefficient (Wildman–Crippen LogP) is 0.862. The Bertz CT molecular complexity index is 491. The summed E-state index contributed by atoms with van der Waals surface area (Å²) in [5.41, 5.74) is 0.789. The van der Waals surface area contributed by atoms with Crippen LogP contribution >= 0.6 is 11.6 Å². The topological polar surface area (TPSA) is 63.6 Å². The Morgan fingerprint density at radius 3 is 3.13 bits per heavy atom.